The highest BCUT2D eigenvalue weighted by atomic mass is 15.0. The molecule has 0 fully saturated rings. The van der Waals surface area contributed by atoms with Crippen molar-refractivity contribution in [2.75, 3.05) is 0 Å². The highest BCUT2D eigenvalue weighted by molar-refractivity contribution is 6.15. The summed E-state index contributed by atoms with van der Waals surface area (Å²) in [7, 11) is 0. The van der Waals surface area contributed by atoms with Gasteiger partial charge in [-0.05, 0) is 147 Å². The molecule has 1 aliphatic carbocycles. The molecular weight excluding hydrogens is 871 g/mol. The van der Waals surface area contributed by atoms with Gasteiger partial charge < -0.3 is 13.7 Å². The molecule has 1 aliphatic rings. The van der Waals surface area contributed by atoms with Crippen molar-refractivity contribution in [3.63, 3.8) is 0 Å². The summed E-state index contributed by atoms with van der Waals surface area (Å²) in [6.07, 6.45) is 0. The Morgan fingerprint density at radius 1 is 0.236 bits per heavy atom. The molecule has 0 unspecified atom stereocenters. The van der Waals surface area contributed by atoms with Crippen molar-refractivity contribution >= 4 is 65.4 Å². The third-order valence-electron chi connectivity index (χ3n) is 15.8. The maximum atomic E-state index is 2.54. The third-order valence-corrected chi connectivity index (χ3v) is 15.8. The van der Waals surface area contributed by atoms with Crippen LogP contribution in [0.5, 0.6) is 0 Å². The number of hydrogen-bond acceptors (Lipinski definition) is 0. The van der Waals surface area contributed by atoms with Crippen LogP contribution in [0.25, 0.3) is 127 Å². The fourth-order valence-electron chi connectivity index (χ4n) is 12.4. The summed E-state index contributed by atoms with van der Waals surface area (Å²) < 4.78 is 7.41. The zero-order chi connectivity index (χ0) is 47.7. The van der Waals surface area contributed by atoms with Crippen LogP contribution in [0.3, 0.4) is 0 Å². The normalized spacial score (nSPS) is 13.0. The highest BCUT2D eigenvalue weighted by Crippen LogP contribution is 2.51. The minimum Gasteiger partial charge on any atom is -0.309 e. The lowest BCUT2D eigenvalue weighted by Crippen LogP contribution is -2.15. The van der Waals surface area contributed by atoms with E-state index in [0.717, 1.165) is 17.1 Å². The van der Waals surface area contributed by atoms with Crippen LogP contribution in [0, 0.1) is 0 Å². The van der Waals surface area contributed by atoms with Crippen molar-refractivity contribution in [2.45, 2.75) is 19.3 Å². The average Bonchev–Trinajstić information content (AvgIpc) is 4.13. The van der Waals surface area contributed by atoms with Crippen LogP contribution in [0.2, 0.25) is 0 Å². The molecule has 0 spiro atoms. The van der Waals surface area contributed by atoms with Crippen molar-refractivity contribution in [3.8, 4) is 61.6 Å². The molecule has 0 saturated carbocycles. The second kappa shape index (κ2) is 15.4. The Labute approximate surface area is 417 Å². The van der Waals surface area contributed by atoms with Crippen LogP contribution < -0.4 is 0 Å². The Bertz CT molecular complexity index is 4510. The summed E-state index contributed by atoms with van der Waals surface area (Å²) in [5, 5.41) is 7.46. The summed E-state index contributed by atoms with van der Waals surface area (Å²) in [5.41, 5.74) is 22.9. The zero-order valence-electron chi connectivity index (χ0n) is 40.0. The van der Waals surface area contributed by atoms with Gasteiger partial charge in [0.05, 0.1) is 33.1 Å². The molecule has 14 aromatic rings. The number of nitrogens with zero attached hydrogens (tertiary/aromatic N) is 3. The van der Waals surface area contributed by atoms with Crippen molar-refractivity contribution < 1.29 is 0 Å². The van der Waals surface area contributed by atoms with Crippen LogP contribution >= 0.6 is 0 Å². The summed E-state index contributed by atoms with van der Waals surface area (Å²) in [6.45, 7) is 4.78. The van der Waals surface area contributed by atoms with Gasteiger partial charge in [-0.25, -0.2) is 0 Å². The molecule has 3 heteroatoms. The SMILES string of the molecule is CC1(C)c2ccccc2-c2cc3c4cc(-c5ccc6c(c5)c5ccccc5n6-c5ccccc5)ccc4n(-c4cc(-c5ccccc5)cc(-n5c6ccccc6c6cc(-c7ccccc7)ccc65)c4)c3cc21. The van der Waals surface area contributed by atoms with Gasteiger partial charge in [-0.2, -0.15) is 0 Å². The molecule has 0 amide bonds. The van der Waals surface area contributed by atoms with Crippen LogP contribution in [0.4, 0.5) is 0 Å². The summed E-state index contributed by atoms with van der Waals surface area (Å²) in [4.78, 5) is 0. The lowest BCUT2D eigenvalue weighted by molar-refractivity contribution is 0.661. The Morgan fingerprint density at radius 2 is 0.653 bits per heavy atom. The summed E-state index contributed by atoms with van der Waals surface area (Å²) in [6, 6.07) is 92.3. The summed E-state index contributed by atoms with van der Waals surface area (Å²) in [5.74, 6) is 0. The fraction of sp³-hybridized carbons (Fsp3) is 0.0435. The van der Waals surface area contributed by atoms with E-state index in [1.165, 1.54) is 121 Å². The van der Waals surface area contributed by atoms with Gasteiger partial charge >= 0.3 is 0 Å². The van der Waals surface area contributed by atoms with Gasteiger partial charge in [0, 0.05) is 54.8 Å². The maximum absolute atomic E-state index is 2.54. The Morgan fingerprint density at radius 3 is 1.24 bits per heavy atom. The minimum atomic E-state index is -0.167. The standard InChI is InChI=1S/C69H47N3/c1-69(2)61-27-15-12-24-53(61)56-42-60-59-40-48(47-31-34-65-58(39-47)54-25-13-16-28-63(54)70(65)50-22-10-5-11-23-50)32-35-67(59)72(68(60)43-62(56)69)52-37-49(45-20-8-4-9-21-45)36-51(41-52)71-64-29-17-14-26-55(64)57-38-46(30-33-66(57)71)44-18-6-3-7-19-44/h3-43H,1-2H3. The van der Waals surface area contributed by atoms with Gasteiger partial charge in [0.15, 0.2) is 0 Å². The van der Waals surface area contributed by atoms with Crippen LogP contribution in [-0.2, 0) is 5.41 Å². The van der Waals surface area contributed by atoms with E-state index in [0.29, 0.717) is 0 Å². The van der Waals surface area contributed by atoms with Gasteiger partial charge in [0.1, 0.15) is 0 Å². The number of hydrogen-bond donors (Lipinski definition) is 0. The lowest BCUT2D eigenvalue weighted by atomic mass is 9.82. The molecule has 0 saturated heterocycles. The molecule has 0 bridgehead atoms. The lowest BCUT2D eigenvalue weighted by Gasteiger charge is -2.22. The molecule has 3 aromatic heterocycles. The first-order valence-electron chi connectivity index (χ1n) is 25.1. The molecule has 0 N–H and O–H groups in total. The van der Waals surface area contributed by atoms with E-state index in [-0.39, 0.29) is 5.41 Å². The van der Waals surface area contributed by atoms with E-state index in [4.69, 9.17) is 0 Å². The smallest absolute Gasteiger partial charge is 0.0544 e. The maximum Gasteiger partial charge on any atom is 0.0544 e. The molecule has 3 heterocycles. The molecule has 3 nitrogen and oxygen atoms in total. The zero-order valence-corrected chi connectivity index (χ0v) is 40.0. The van der Waals surface area contributed by atoms with Gasteiger partial charge in [-0.3, -0.25) is 0 Å². The molecule has 11 aromatic carbocycles. The molecule has 72 heavy (non-hydrogen) atoms. The van der Waals surface area contributed by atoms with Crippen molar-refractivity contribution in [1.82, 2.24) is 13.7 Å². The van der Waals surface area contributed by atoms with E-state index in [9.17, 15) is 0 Å². The van der Waals surface area contributed by atoms with E-state index in [1.54, 1.807) is 0 Å². The predicted octanol–water partition coefficient (Wildman–Crippen LogP) is 18.3. The van der Waals surface area contributed by atoms with Gasteiger partial charge in [0.2, 0.25) is 0 Å². The quantitative estimate of drug-likeness (QED) is 0.158. The van der Waals surface area contributed by atoms with Crippen molar-refractivity contribution in [3.05, 3.63) is 260 Å². The topological polar surface area (TPSA) is 14.8 Å². The first-order chi connectivity index (χ1) is 35.5. The first-order valence-corrected chi connectivity index (χ1v) is 25.1. The fourth-order valence-corrected chi connectivity index (χ4v) is 12.4. The minimum absolute atomic E-state index is 0.167. The third kappa shape index (κ3) is 5.98. The number of fused-ring (bicyclic) bond motifs is 12. The Hall–Kier alpha value is -9.18. The number of aromatic nitrogens is 3. The van der Waals surface area contributed by atoms with Gasteiger partial charge in [-0.15, -0.1) is 0 Å². The largest absolute Gasteiger partial charge is 0.309 e. The van der Waals surface area contributed by atoms with Crippen LogP contribution in [0.1, 0.15) is 25.0 Å². The second-order valence-corrected chi connectivity index (χ2v) is 20.1. The van der Waals surface area contributed by atoms with Gasteiger partial charge in [-0.1, -0.05) is 172 Å². The van der Waals surface area contributed by atoms with E-state index >= 15 is 0 Å². The van der Waals surface area contributed by atoms with Crippen molar-refractivity contribution in [2.24, 2.45) is 0 Å². The predicted molar refractivity (Wildman–Crippen MR) is 303 cm³/mol. The number of para-hydroxylation sites is 3. The Balaban J connectivity index is 0.991. The second-order valence-electron chi connectivity index (χ2n) is 20.1. The monoisotopic (exact) mass is 917 g/mol. The molecular formula is C69H47N3. The highest BCUT2D eigenvalue weighted by Gasteiger charge is 2.36. The first kappa shape index (κ1) is 40.7. The van der Waals surface area contributed by atoms with E-state index < -0.39 is 0 Å². The van der Waals surface area contributed by atoms with E-state index in [1.807, 2.05) is 0 Å². The van der Waals surface area contributed by atoms with Gasteiger partial charge in [0.25, 0.3) is 0 Å². The summed E-state index contributed by atoms with van der Waals surface area (Å²) >= 11 is 0. The number of rotatable bonds is 6. The molecule has 15 rings (SSSR count). The molecule has 338 valence electrons. The molecule has 0 radical (unpaired) electrons. The van der Waals surface area contributed by atoms with E-state index in [2.05, 4.69) is 276 Å². The van der Waals surface area contributed by atoms with Crippen LogP contribution in [-0.4, -0.2) is 13.7 Å². The molecule has 0 atom stereocenters. The average molecular weight is 918 g/mol. The Kier molecular flexibility index (Phi) is 8.71. The van der Waals surface area contributed by atoms with Crippen molar-refractivity contribution in [1.29, 1.82) is 0 Å². The van der Waals surface area contributed by atoms with Crippen LogP contribution in [0.15, 0.2) is 249 Å². The number of benzene rings is 11. The molecule has 0 aliphatic heterocycles.